The van der Waals surface area contributed by atoms with E-state index in [1.165, 1.54) is 43.8 Å². The summed E-state index contributed by atoms with van der Waals surface area (Å²) in [6, 6.07) is 65.3. The number of aromatic nitrogens is 2. The van der Waals surface area contributed by atoms with Gasteiger partial charge in [-0.25, -0.2) is 0 Å². The third-order valence-corrected chi connectivity index (χ3v) is 10.8. The maximum Gasteiger partial charge on any atom is 0.137 e. The Morgan fingerprint density at radius 3 is 1.85 bits per heavy atom. The maximum atomic E-state index is 6.50. The van der Waals surface area contributed by atoms with Gasteiger partial charge in [-0.1, -0.05) is 103 Å². The van der Waals surface area contributed by atoms with E-state index < -0.39 is 0 Å². The summed E-state index contributed by atoms with van der Waals surface area (Å²) in [7, 11) is 0. The fraction of sp³-hybridized carbons (Fsp3) is 0.0204. The van der Waals surface area contributed by atoms with Gasteiger partial charge < -0.3 is 18.5 Å². The van der Waals surface area contributed by atoms with E-state index in [4.69, 9.17) is 4.42 Å². The fourth-order valence-electron chi connectivity index (χ4n) is 8.49. The van der Waals surface area contributed by atoms with Gasteiger partial charge >= 0.3 is 0 Å². The number of fused-ring (bicyclic) bond motifs is 9. The molecule has 3 heterocycles. The third kappa shape index (κ3) is 4.42. The molecule has 0 N–H and O–H groups in total. The first kappa shape index (κ1) is 29.7. The molecule has 0 fully saturated rings. The summed E-state index contributed by atoms with van der Waals surface area (Å²) in [6.45, 7) is 2.19. The molecule has 11 aromatic rings. The molecule has 4 nitrogen and oxygen atoms in total. The minimum Gasteiger partial charge on any atom is -0.456 e. The number of rotatable bonds is 5. The van der Waals surface area contributed by atoms with Crippen LogP contribution in [0.25, 0.3) is 76.9 Å². The standard InChI is InChI=1S/C49H33N3O/c1-32-14-5-9-20-41(32)52-43-22-11-7-19-40(43)49-44(23-13-24-45(49)52)50(35-27-29-39-38-18-8-12-25-47(38)53-48(39)31-35)34-26-28-37-36-17-6-10-21-42(36)51(46(37)30-34)33-15-3-2-4-16-33/h2-31H,1H3. The topological polar surface area (TPSA) is 26.2 Å². The van der Waals surface area contributed by atoms with Crippen LogP contribution in [0, 0.1) is 6.92 Å². The van der Waals surface area contributed by atoms with Crippen LogP contribution >= 0.6 is 0 Å². The number of nitrogens with zero attached hydrogens (tertiary/aromatic N) is 3. The lowest BCUT2D eigenvalue weighted by atomic mass is 10.1. The first-order valence-electron chi connectivity index (χ1n) is 18.1. The summed E-state index contributed by atoms with van der Waals surface area (Å²) in [5.74, 6) is 0. The van der Waals surface area contributed by atoms with Crippen LogP contribution in [0.4, 0.5) is 17.1 Å². The van der Waals surface area contributed by atoms with Crippen molar-refractivity contribution >= 4 is 82.6 Å². The average Bonchev–Trinajstić information content (AvgIpc) is 3.86. The lowest BCUT2D eigenvalue weighted by molar-refractivity contribution is 0.669. The molecule has 53 heavy (non-hydrogen) atoms. The van der Waals surface area contributed by atoms with Crippen molar-refractivity contribution in [1.82, 2.24) is 9.13 Å². The second-order valence-electron chi connectivity index (χ2n) is 13.8. The van der Waals surface area contributed by atoms with Gasteiger partial charge in [0.05, 0.1) is 27.8 Å². The zero-order valence-electron chi connectivity index (χ0n) is 29.1. The molecule has 0 spiro atoms. The Balaban J connectivity index is 1.24. The van der Waals surface area contributed by atoms with E-state index in [-0.39, 0.29) is 0 Å². The highest BCUT2D eigenvalue weighted by molar-refractivity contribution is 6.17. The molecule has 3 aromatic heterocycles. The molecule has 0 aliphatic rings. The summed E-state index contributed by atoms with van der Waals surface area (Å²) < 4.78 is 11.3. The highest BCUT2D eigenvalue weighted by atomic mass is 16.3. The molecule has 0 unspecified atom stereocenters. The van der Waals surface area contributed by atoms with Gasteiger partial charge in [0.15, 0.2) is 0 Å². The van der Waals surface area contributed by atoms with Crippen molar-refractivity contribution in [2.75, 3.05) is 4.90 Å². The van der Waals surface area contributed by atoms with Gasteiger partial charge in [-0.15, -0.1) is 0 Å². The number of anilines is 3. The molecule has 0 saturated carbocycles. The zero-order chi connectivity index (χ0) is 35.0. The van der Waals surface area contributed by atoms with E-state index in [0.29, 0.717) is 0 Å². The molecule has 4 heteroatoms. The van der Waals surface area contributed by atoms with E-state index in [1.54, 1.807) is 0 Å². The van der Waals surface area contributed by atoms with Gasteiger partial charge in [0.1, 0.15) is 11.2 Å². The molecule has 250 valence electrons. The highest BCUT2D eigenvalue weighted by Crippen LogP contribution is 2.46. The van der Waals surface area contributed by atoms with E-state index in [9.17, 15) is 0 Å². The molecule has 0 saturated heterocycles. The van der Waals surface area contributed by atoms with Crippen LogP contribution in [-0.4, -0.2) is 9.13 Å². The minimum atomic E-state index is 0.864. The van der Waals surface area contributed by atoms with Crippen LogP contribution in [-0.2, 0) is 0 Å². The van der Waals surface area contributed by atoms with Gasteiger partial charge in [0, 0.05) is 61.1 Å². The van der Waals surface area contributed by atoms with Crippen molar-refractivity contribution in [3.05, 3.63) is 188 Å². The predicted molar refractivity (Wildman–Crippen MR) is 222 cm³/mol. The van der Waals surface area contributed by atoms with Gasteiger partial charge in [0.2, 0.25) is 0 Å². The normalized spacial score (nSPS) is 11.9. The van der Waals surface area contributed by atoms with Crippen molar-refractivity contribution in [2.45, 2.75) is 6.92 Å². The van der Waals surface area contributed by atoms with Gasteiger partial charge in [0.25, 0.3) is 0 Å². The number of para-hydroxylation sites is 5. The van der Waals surface area contributed by atoms with Crippen LogP contribution in [0.5, 0.6) is 0 Å². The second-order valence-corrected chi connectivity index (χ2v) is 13.8. The number of benzene rings is 8. The van der Waals surface area contributed by atoms with Crippen LogP contribution in [0.3, 0.4) is 0 Å². The average molecular weight is 680 g/mol. The third-order valence-electron chi connectivity index (χ3n) is 10.8. The number of furan rings is 1. The number of hydrogen-bond acceptors (Lipinski definition) is 2. The van der Waals surface area contributed by atoms with Crippen LogP contribution in [0.15, 0.2) is 186 Å². The summed E-state index contributed by atoms with van der Waals surface area (Å²) in [5, 5.41) is 7.08. The summed E-state index contributed by atoms with van der Waals surface area (Å²) >= 11 is 0. The lowest BCUT2D eigenvalue weighted by Crippen LogP contribution is -2.10. The Hall–Kier alpha value is -7.04. The van der Waals surface area contributed by atoms with Crippen LogP contribution < -0.4 is 4.90 Å². The van der Waals surface area contributed by atoms with Crippen molar-refractivity contribution in [2.24, 2.45) is 0 Å². The summed E-state index contributed by atoms with van der Waals surface area (Å²) in [6.07, 6.45) is 0. The molecule has 0 aliphatic carbocycles. The van der Waals surface area contributed by atoms with Crippen molar-refractivity contribution < 1.29 is 4.42 Å². The lowest BCUT2D eigenvalue weighted by Gasteiger charge is -2.27. The molecule has 0 radical (unpaired) electrons. The Morgan fingerprint density at radius 1 is 0.415 bits per heavy atom. The Labute approximate surface area is 306 Å². The smallest absolute Gasteiger partial charge is 0.137 e. The monoisotopic (exact) mass is 679 g/mol. The molecule has 11 rings (SSSR count). The van der Waals surface area contributed by atoms with Crippen molar-refractivity contribution in [3.63, 3.8) is 0 Å². The maximum absolute atomic E-state index is 6.50. The molecule has 0 atom stereocenters. The molecule has 0 bridgehead atoms. The molecule has 8 aromatic carbocycles. The fourth-order valence-corrected chi connectivity index (χ4v) is 8.49. The molecule has 0 aliphatic heterocycles. The van der Waals surface area contributed by atoms with Crippen molar-refractivity contribution in [3.8, 4) is 11.4 Å². The van der Waals surface area contributed by atoms with Crippen LogP contribution in [0.2, 0.25) is 0 Å². The van der Waals surface area contributed by atoms with E-state index in [0.717, 1.165) is 55.7 Å². The number of hydrogen-bond donors (Lipinski definition) is 0. The Morgan fingerprint density at radius 2 is 1.02 bits per heavy atom. The minimum absolute atomic E-state index is 0.864. The summed E-state index contributed by atoms with van der Waals surface area (Å²) in [5.41, 5.74) is 13.2. The second kappa shape index (κ2) is 11.5. The molecule has 0 amide bonds. The van der Waals surface area contributed by atoms with Gasteiger partial charge in [-0.3, -0.25) is 0 Å². The van der Waals surface area contributed by atoms with Gasteiger partial charge in [-0.2, -0.15) is 0 Å². The first-order chi connectivity index (χ1) is 26.2. The molecular formula is C49H33N3O. The van der Waals surface area contributed by atoms with E-state index >= 15 is 0 Å². The SMILES string of the molecule is Cc1ccccc1-n1c2ccccc2c2c(N(c3ccc4c(c3)oc3ccccc34)c3ccc4c5ccccc5n(-c5ccccc5)c4c3)cccc21. The Bertz CT molecular complexity index is 3200. The number of aryl methyl sites for hydroxylation is 1. The highest BCUT2D eigenvalue weighted by Gasteiger charge is 2.23. The predicted octanol–water partition coefficient (Wildman–Crippen LogP) is 13.6. The van der Waals surface area contributed by atoms with Gasteiger partial charge in [-0.05, 0) is 85.3 Å². The zero-order valence-corrected chi connectivity index (χ0v) is 29.1. The quantitative estimate of drug-likeness (QED) is 0.181. The first-order valence-corrected chi connectivity index (χ1v) is 18.1. The van der Waals surface area contributed by atoms with E-state index in [2.05, 4.69) is 191 Å². The largest absolute Gasteiger partial charge is 0.456 e. The van der Waals surface area contributed by atoms with Crippen molar-refractivity contribution in [1.29, 1.82) is 0 Å². The van der Waals surface area contributed by atoms with E-state index in [1.807, 2.05) is 12.1 Å². The summed E-state index contributed by atoms with van der Waals surface area (Å²) in [4.78, 5) is 2.41. The molecular weight excluding hydrogens is 647 g/mol. The Kier molecular flexibility index (Phi) is 6.43. The van der Waals surface area contributed by atoms with Crippen LogP contribution in [0.1, 0.15) is 5.56 Å².